The summed E-state index contributed by atoms with van der Waals surface area (Å²) in [6.45, 7) is 5.49. The predicted molar refractivity (Wildman–Crippen MR) is 93.2 cm³/mol. The van der Waals surface area contributed by atoms with Gasteiger partial charge in [-0.15, -0.1) is 11.3 Å². The molecule has 0 fully saturated rings. The van der Waals surface area contributed by atoms with E-state index in [9.17, 15) is 4.79 Å². The molecule has 0 bridgehead atoms. The number of hydrogen-bond acceptors (Lipinski definition) is 4. The first-order valence-electron chi connectivity index (χ1n) is 7.76. The monoisotopic (exact) mass is 311 g/mol. The number of thiophene rings is 1. The molecule has 0 aliphatic heterocycles. The molecule has 0 aromatic carbocycles. The number of nitrogens with zero attached hydrogens (tertiary/aromatic N) is 1. The molecule has 0 saturated carbocycles. The van der Waals surface area contributed by atoms with Crippen LogP contribution in [0.4, 0.5) is 10.7 Å². The highest BCUT2D eigenvalue weighted by Crippen LogP contribution is 2.29. The van der Waals surface area contributed by atoms with Gasteiger partial charge in [0.2, 0.25) is 0 Å². The third kappa shape index (κ3) is 6.38. The van der Waals surface area contributed by atoms with Crippen LogP contribution in [0.5, 0.6) is 0 Å². The second-order valence-corrected chi connectivity index (χ2v) is 7.17. The van der Waals surface area contributed by atoms with E-state index in [4.69, 9.17) is 5.73 Å². The van der Waals surface area contributed by atoms with E-state index in [-0.39, 0.29) is 5.91 Å². The van der Waals surface area contributed by atoms with Crippen molar-refractivity contribution in [1.82, 2.24) is 4.90 Å². The first-order valence-corrected chi connectivity index (χ1v) is 8.58. The van der Waals surface area contributed by atoms with Gasteiger partial charge in [0.25, 0.3) is 5.91 Å². The Labute approximate surface area is 132 Å². The average Bonchev–Trinajstić information content (AvgIpc) is 2.77. The minimum absolute atomic E-state index is 0.0285. The minimum atomic E-state index is -0.0285. The van der Waals surface area contributed by atoms with Crippen molar-refractivity contribution in [3.63, 3.8) is 0 Å². The van der Waals surface area contributed by atoms with Crippen LogP contribution in [0.25, 0.3) is 0 Å². The molecule has 5 heteroatoms. The molecule has 0 radical (unpaired) electrons. The van der Waals surface area contributed by atoms with E-state index in [0.29, 0.717) is 10.6 Å². The van der Waals surface area contributed by atoms with Crippen molar-refractivity contribution in [2.24, 2.45) is 5.92 Å². The molecule has 0 aliphatic rings. The van der Waals surface area contributed by atoms with Gasteiger partial charge in [-0.05, 0) is 18.4 Å². The van der Waals surface area contributed by atoms with Gasteiger partial charge in [0, 0.05) is 20.6 Å². The summed E-state index contributed by atoms with van der Waals surface area (Å²) >= 11 is 1.44. The van der Waals surface area contributed by atoms with Crippen LogP contribution in [-0.2, 0) is 0 Å². The van der Waals surface area contributed by atoms with Crippen molar-refractivity contribution >= 4 is 27.9 Å². The Morgan fingerprint density at radius 3 is 2.57 bits per heavy atom. The first-order chi connectivity index (χ1) is 9.91. The number of hydrogen-bond donors (Lipinski definition) is 2. The summed E-state index contributed by atoms with van der Waals surface area (Å²) in [7, 11) is 3.48. The Hall–Kier alpha value is -1.23. The van der Waals surface area contributed by atoms with Crippen molar-refractivity contribution in [3.05, 3.63) is 10.9 Å². The van der Waals surface area contributed by atoms with Gasteiger partial charge in [-0.3, -0.25) is 4.79 Å². The summed E-state index contributed by atoms with van der Waals surface area (Å²) in [4.78, 5) is 14.1. The quantitative estimate of drug-likeness (QED) is 0.676. The minimum Gasteiger partial charge on any atom is -0.397 e. The van der Waals surface area contributed by atoms with Gasteiger partial charge in [-0.2, -0.15) is 0 Å². The molecule has 21 heavy (non-hydrogen) atoms. The van der Waals surface area contributed by atoms with Crippen LogP contribution in [0.15, 0.2) is 6.07 Å². The van der Waals surface area contributed by atoms with Crippen LogP contribution >= 0.6 is 11.3 Å². The van der Waals surface area contributed by atoms with Gasteiger partial charge in [0.15, 0.2) is 0 Å². The van der Waals surface area contributed by atoms with Crippen molar-refractivity contribution in [3.8, 4) is 0 Å². The number of rotatable bonds is 9. The molecule has 1 amide bonds. The van der Waals surface area contributed by atoms with E-state index < -0.39 is 0 Å². The Morgan fingerprint density at radius 2 is 1.95 bits per heavy atom. The molecule has 1 rings (SSSR count). The molecule has 0 saturated heterocycles. The third-order valence-electron chi connectivity index (χ3n) is 3.37. The second kappa shape index (κ2) is 8.93. The standard InChI is InChI=1S/C16H29N3OS/c1-12(2)9-7-5-6-8-10-18-14-11-13(17)15(21-14)16(20)19(3)4/h11-12,18H,5-10,17H2,1-4H3. The predicted octanol–water partition coefficient (Wildman–Crippen LogP) is 4.05. The molecule has 3 N–H and O–H groups in total. The van der Waals surface area contributed by atoms with Crippen molar-refractivity contribution in [2.75, 3.05) is 31.7 Å². The zero-order valence-electron chi connectivity index (χ0n) is 13.7. The largest absolute Gasteiger partial charge is 0.397 e. The SMILES string of the molecule is CC(C)CCCCCCNc1cc(N)c(C(=O)N(C)C)s1. The maximum atomic E-state index is 11.9. The lowest BCUT2D eigenvalue weighted by molar-refractivity contribution is 0.0833. The smallest absolute Gasteiger partial charge is 0.265 e. The van der Waals surface area contributed by atoms with Crippen LogP contribution in [-0.4, -0.2) is 31.4 Å². The van der Waals surface area contributed by atoms with Crippen molar-refractivity contribution < 1.29 is 4.79 Å². The molecular formula is C16H29N3OS. The lowest BCUT2D eigenvalue weighted by Crippen LogP contribution is -2.21. The fraction of sp³-hybridized carbons (Fsp3) is 0.688. The van der Waals surface area contributed by atoms with Crippen molar-refractivity contribution in [2.45, 2.75) is 46.0 Å². The van der Waals surface area contributed by atoms with Gasteiger partial charge in [-0.1, -0.05) is 39.5 Å². The van der Waals surface area contributed by atoms with E-state index in [0.717, 1.165) is 23.9 Å². The number of carbonyl (C=O) groups is 1. The highest BCUT2D eigenvalue weighted by Gasteiger charge is 2.15. The number of nitrogen functional groups attached to an aromatic ring is 1. The van der Waals surface area contributed by atoms with Gasteiger partial charge >= 0.3 is 0 Å². The molecule has 1 aromatic heterocycles. The van der Waals surface area contributed by atoms with Gasteiger partial charge < -0.3 is 16.0 Å². The highest BCUT2D eigenvalue weighted by molar-refractivity contribution is 7.18. The van der Waals surface area contributed by atoms with Crippen LogP contribution in [0.1, 0.15) is 55.6 Å². The lowest BCUT2D eigenvalue weighted by atomic mass is 10.0. The fourth-order valence-corrected chi connectivity index (χ4v) is 3.13. The Bertz CT molecular complexity index is 441. The van der Waals surface area contributed by atoms with E-state index >= 15 is 0 Å². The van der Waals surface area contributed by atoms with Gasteiger partial charge in [0.05, 0.1) is 10.7 Å². The number of nitrogens with one attached hydrogen (secondary N) is 1. The molecule has 4 nitrogen and oxygen atoms in total. The highest BCUT2D eigenvalue weighted by atomic mass is 32.1. The Morgan fingerprint density at radius 1 is 1.29 bits per heavy atom. The maximum Gasteiger partial charge on any atom is 0.265 e. The fourth-order valence-electron chi connectivity index (χ4n) is 2.11. The van der Waals surface area contributed by atoms with E-state index in [1.54, 1.807) is 19.0 Å². The Kier molecular flexibility index (Phi) is 7.57. The third-order valence-corrected chi connectivity index (χ3v) is 4.47. The molecule has 0 atom stereocenters. The van der Waals surface area contributed by atoms with Gasteiger partial charge in [0.1, 0.15) is 4.88 Å². The number of unbranched alkanes of at least 4 members (excludes halogenated alkanes) is 3. The van der Waals surface area contributed by atoms with E-state index in [1.807, 2.05) is 6.07 Å². The number of nitrogens with two attached hydrogens (primary N) is 1. The topological polar surface area (TPSA) is 58.4 Å². The van der Waals surface area contributed by atoms with Crippen LogP contribution in [0.3, 0.4) is 0 Å². The summed E-state index contributed by atoms with van der Waals surface area (Å²) in [6, 6.07) is 1.86. The molecule has 120 valence electrons. The van der Waals surface area contributed by atoms with Crippen LogP contribution in [0, 0.1) is 5.92 Å². The average molecular weight is 311 g/mol. The van der Waals surface area contributed by atoms with Gasteiger partial charge in [-0.25, -0.2) is 0 Å². The molecule has 0 aliphatic carbocycles. The zero-order chi connectivity index (χ0) is 15.8. The lowest BCUT2D eigenvalue weighted by Gasteiger charge is -2.08. The normalized spacial score (nSPS) is 10.9. The summed E-state index contributed by atoms with van der Waals surface area (Å²) < 4.78 is 0. The molecule has 0 spiro atoms. The maximum absolute atomic E-state index is 11.9. The van der Waals surface area contributed by atoms with Crippen molar-refractivity contribution in [1.29, 1.82) is 0 Å². The Balaban J connectivity index is 2.27. The number of amides is 1. The summed E-state index contributed by atoms with van der Waals surface area (Å²) in [5.41, 5.74) is 6.47. The number of carbonyl (C=O) groups excluding carboxylic acids is 1. The van der Waals surface area contributed by atoms with Crippen LogP contribution < -0.4 is 11.1 Å². The molecule has 1 heterocycles. The summed E-state index contributed by atoms with van der Waals surface area (Å²) in [5.74, 6) is 0.782. The number of anilines is 2. The molecule has 0 unspecified atom stereocenters. The second-order valence-electron chi connectivity index (χ2n) is 6.12. The molecule has 1 aromatic rings. The van der Waals surface area contributed by atoms with E-state index in [1.165, 1.54) is 37.0 Å². The molecular weight excluding hydrogens is 282 g/mol. The summed E-state index contributed by atoms with van der Waals surface area (Å²) in [5, 5.41) is 4.35. The summed E-state index contributed by atoms with van der Waals surface area (Å²) in [6.07, 6.45) is 6.36. The zero-order valence-corrected chi connectivity index (χ0v) is 14.6. The van der Waals surface area contributed by atoms with Crippen LogP contribution in [0.2, 0.25) is 0 Å². The first kappa shape index (κ1) is 17.8. The van der Waals surface area contributed by atoms with E-state index in [2.05, 4.69) is 19.2 Å².